The minimum Gasteiger partial charge on any atom is -0.496 e. The first kappa shape index (κ1) is 18.9. The Balaban J connectivity index is 1.91. The zero-order chi connectivity index (χ0) is 19.4. The number of rotatable bonds is 5. The zero-order valence-electron chi connectivity index (χ0n) is 15.3. The van der Waals surface area contributed by atoms with Crippen LogP contribution >= 0.6 is 0 Å². The van der Waals surface area contributed by atoms with Crippen molar-refractivity contribution in [1.82, 2.24) is 5.32 Å². The van der Waals surface area contributed by atoms with Crippen molar-refractivity contribution in [2.24, 2.45) is 0 Å². The fraction of sp³-hybridized carbons (Fsp3) is 0.300. The Morgan fingerprint density at radius 1 is 1.26 bits per heavy atom. The molecule has 142 valence electrons. The van der Waals surface area contributed by atoms with E-state index in [0.29, 0.717) is 18.7 Å². The van der Waals surface area contributed by atoms with Gasteiger partial charge in [0.25, 0.3) is 5.91 Å². The Hall–Kier alpha value is -2.90. The van der Waals surface area contributed by atoms with Crippen LogP contribution in [0.5, 0.6) is 5.75 Å². The number of carboxylic acids is 1. The van der Waals surface area contributed by atoms with Gasteiger partial charge in [0.05, 0.1) is 19.8 Å². The topological polar surface area (TPSA) is 88.1 Å². The molecular formula is C20H22N2O5. The zero-order valence-corrected chi connectivity index (χ0v) is 15.3. The standard InChI is InChI=1S/C20H22N2O5/c1-22(16-6-4-3-5-14(16)18-12-21-9-10-27-18)19(23)13-7-8-15(20(24)25)17(11-13)26-2/h3-8,11,18,21H,9-10,12H2,1-2H3,(H,24,25). The van der Waals surface area contributed by atoms with Crippen LogP contribution in [0.4, 0.5) is 5.69 Å². The molecule has 7 heteroatoms. The molecule has 7 nitrogen and oxygen atoms in total. The van der Waals surface area contributed by atoms with E-state index < -0.39 is 5.97 Å². The fourth-order valence-electron chi connectivity index (χ4n) is 3.13. The van der Waals surface area contributed by atoms with Crippen molar-refractivity contribution in [3.63, 3.8) is 0 Å². The third-order valence-corrected chi connectivity index (χ3v) is 4.56. The molecule has 0 saturated carbocycles. The number of benzene rings is 2. The lowest BCUT2D eigenvalue weighted by Gasteiger charge is -2.28. The molecule has 1 atom stereocenters. The third-order valence-electron chi connectivity index (χ3n) is 4.56. The van der Waals surface area contributed by atoms with Gasteiger partial charge in [-0.15, -0.1) is 0 Å². The number of methoxy groups -OCH3 is 1. The minimum absolute atomic E-state index is 0.0128. The number of amides is 1. The Morgan fingerprint density at radius 3 is 2.70 bits per heavy atom. The fourth-order valence-corrected chi connectivity index (χ4v) is 3.13. The lowest BCUT2D eigenvalue weighted by atomic mass is 10.0. The summed E-state index contributed by atoms with van der Waals surface area (Å²) < 4.78 is 11.0. The molecule has 0 aliphatic carbocycles. The maximum atomic E-state index is 13.0. The summed E-state index contributed by atoms with van der Waals surface area (Å²) in [5, 5.41) is 12.5. The highest BCUT2D eigenvalue weighted by Crippen LogP contribution is 2.30. The van der Waals surface area contributed by atoms with Crippen molar-refractivity contribution in [3.05, 3.63) is 59.2 Å². The SMILES string of the molecule is COc1cc(C(=O)N(C)c2ccccc2C2CNCCO2)ccc1C(=O)O. The third kappa shape index (κ3) is 3.94. The molecule has 1 fully saturated rings. The molecule has 0 spiro atoms. The van der Waals surface area contributed by atoms with Crippen molar-refractivity contribution in [3.8, 4) is 5.75 Å². The summed E-state index contributed by atoms with van der Waals surface area (Å²) in [6.45, 7) is 2.11. The molecule has 2 N–H and O–H groups in total. The Kier molecular flexibility index (Phi) is 5.73. The lowest BCUT2D eigenvalue weighted by Crippen LogP contribution is -2.35. The highest BCUT2D eigenvalue weighted by atomic mass is 16.5. The second kappa shape index (κ2) is 8.20. The molecule has 0 aromatic heterocycles. The van der Waals surface area contributed by atoms with Gasteiger partial charge in [-0.25, -0.2) is 4.79 Å². The summed E-state index contributed by atoms with van der Waals surface area (Å²) in [6, 6.07) is 11.9. The summed E-state index contributed by atoms with van der Waals surface area (Å²) in [4.78, 5) is 25.8. The molecule has 27 heavy (non-hydrogen) atoms. The number of hydrogen-bond acceptors (Lipinski definition) is 5. The van der Waals surface area contributed by atoms with E-state index >= 15 is 0 Å². The molecule has 1 saturated heterocycles. The normalized spacial score (nSPS) is 16.6. The van der Waals surface area contributed by atoms with Crippen LogP contribution in [-0.2, 0) is 4.74 Å². The smallest absolute Gasteiger partial charge is 0.339 e. The number of nitrogens with zero attached hydrogens (tertiary/aromatic N) is 1. The van der Waals surface area contributed by atoms with Crippen LogP contribution in [0.1, 0.15) is 32.4 Å². The summed E-state index contributed by atoms with van der Waals surface area (Å²) >= 11 is 0. The van der Waals surface area contributed by atoms with Crippen LogP contribution in [0.2, 0.25) is 0 Å². The maximum absolute atomic E-state index is 13.0. The van der Waals surface area contributed by atoms with E-state index in [0.717, 1.165) is 17.8 Å². The van der Waals surface area contributed by atoms with Crippen molar-refractivity contribution in [2.45, 2.75) is 6.10 Å². The van der Waals surface area contributed by atoms with Crippen LogP contribution in [0.15, 0.2) is 42.5 Å². The summed E-state index contributed by atoms with van der Waals surface area (Å²) in [6.07, 6.45) is -0.130. The number of para-hydroxylation sites is 1. The summed E-state index contributed by atoms with van der Waals surface area (Å²) in [5.74, 6) is -1.22. The van der Waals surface area contributed by atoms with Gasteiger partial charge in [0.15, 0.2) is 0 Å². The molecule has 2 aromatic rings. The first-order valence-corrected chi connectivity index (χ1v) is 8.63. The van der Waals surface area contributed by atoms with Gasteiger partial charge >= 0.3 is 5.97 Å². The van der Waals surface area contributed by atoms with Crippen LogP contribution in [-0.4, -0.2) is 50.8 Å². The number of carbonyl (C=O) groups excluding carboxylic acids is 1. The van der Waals surface area contributed by atoms with Crippen molar-refractivity contribution in [1.29, 1.82) is 0 Å². The minimum atomic E-state index is -1.11. The number of anilines is 1. The molecule has 1 unspecified atom stereocenters. The number of ether oxygens (including phenoxy) is 2. The molecule has 3 rings (SSSR count). The molecule has 0 bridgehead atoms. The molecule has 0 radical (unpaired) electrons. The Morgan fingerprint density at radius 2 is 2.04 bits per heavy atom. The predicted molar refractivity (Wildman–Crippen MR) is 101 cm³/mol. The van der Waals surface area contributed by atoms with E-state index in [9.17, 15) is 14.7 Å². The quantitative estimate of drug-likeness (QED) is 0.840. The average molecular weight is 370 g/mol. The second-order valence-electron chi connectivity index (χ2n) is 6.21. The lowest BCUT2D eigenvalue weighted by molar-refractivity contribution is 0.0280. The Labute approximate surface area is 157 Å². The van der Waals surface area contributed by atoms with Crippen molar-refractivity contribution < 1.29 is 24.2 Å². The van der Waals surface area contributed by atoms with Gasteiger partial charge in [-0.3, -0.25) is 4.79 Å². The molecule has 2 aromatic carbocycles. The predicted octanol–water partition coefficient (Wildman–Crippen LogP) is 2.33. The second-order valence-corrected chi connectivity index (χ2v) is 6.21. The van der Waals surface area contributed by atoms with E-state index in [1.807, 2.05) is 24.3 Å². The van der Waals surface area contributed by atoms with Gasteiger partial charge in [-0.1, -0.05) is 18.2 Å². The molecular weight excluding hydrogens is 348 g/mol. The molecule has 1 heterocycles. The number of carboxylic acid groups (broad SMARTS) is 1. The van der Waals surface area contributed by atoms with Gasteiger partial charge < -0.3 is 24.8 Å². The summed E-state index contributed by atoms with van der Waals surface area (Å²) in [5.41, 5.74) is 2.03. The van der Waals surface area contributed by atoms with Gasteiger partial charge in [0.1, 0.15) is 11.3 Å². The van der Waals surface area contributed by atoms with Gasteiger partial charge in [-0.05, 0) is 24.3 Å². The first-order chi connectivity index (χ1) is 13.0. The van der Waals surface area contributed by atoms with E-state index in [1.165, 1.54) is 25.3 Å². The monoisotopic (exact) mass is 370 g/mol. The van der Waals surface area contributed by atoms with E-state index in [-0.39, 0.29) is 23.3 Å². The van der Waals surface area contributed by atoms with E-state index in [2.05, 4.69) is 5.32 Å². The number of hydrogen-bond donors (Lipinski definition) is 2. The van der Waals surface area contributed by atoms with E-state index in [4.69, 9.17) is 9.47 Å². The number of nitrogens with one attached hydrogen (secondary N) is 1. The van der Waals surface area contributed by atoms with Gasteiger partial charge in [0, 0.05) is 37.0 Å². The van der Waals surface area contributed by atoms with E-state index in [1.54, 1.807) is 11.9 Å². The molecule has 1 amide bonds. The van der Waals surface area contributed by atoms with Gasteiger partial charge in [0.2, 0.25) is 0 Å². The van der Waals surface area contributed by atoms with Crippen molar-refractivity contribution in [2.75, 3.05) is 38.8 Å². The number of aromatic carboxylic acids is 1. The average Bonchev–Trinajstić information content (AvgIpc) is 2.72. The van der Waals surface area contributed by atoms with Crippen molar-refractivity contribution >= 4 is 17.6 Å². The van der Waals surface area contributed by atoms with Crippen LogP contribution < -0.4 is 15.0 Å². The first-order valence-electron chi connectivity index (χ1n) is 8.63. The highest BCUT2D eigenvalue weighted by Gasteiger charge is 2.24. The molecule has 1 aliphatic rings. The van der Waals surface area contributed by atoms with Gasteiger partial charge in [-0.2, -0.15) is 0 Å². The Bertz CT molecular complexity index is 846. The molecule has 1 aliphatic heterocycles. The number of carbonyl (C=O) groups is 2. The van der Waals surface area contributed by atoms with Crippen LogP contribution in [0.25, 0.3) is 0 Å². The van der Waals surface area contributed by atoms with Crippen LogP contribution in [0, 0.1) is 0 Å². The highest BCUT2D eigenvalue weighted by molar-refractivity contribution is 6.07. The van der Waals surface area contributed by atoms with Crippen LogP contribution in [0.3, 0.4) is 0 Å². The largest absolute Gasteiger partial charge is 0.496 e. The maximum Gasteiger partial charge on any atom is 0.339 e. The number of morpholine rings is 1. The summed E-state index contributed by atoms with van der Waals surface area (Å²) in [7, 11) is 3.07.